The Bertz CT molecular complexity index is 3620. The third kappa shape index (κ3) is 5.64. The second-order valence-corrected chi connectivity index (χ2v) is 22.2. The summed E-state index contributed by atoms with van der Waals surface area (Å²) in [6.07, 6.45) is 0. The molecule has 13 rings (SSSR count). The molecule has 65 heavy (non-hydrogen) atoms. The molecule has 11 aromatic rings. The Morgan fingerprint density at radius 2 is 0.862 bits per heavy atom. The van der Waals surface area contributed by atoms with Gasteiger partial charge in [-0.2, -0.15) is 0 Å². The maximum Gasteiger partial charge on any atom is 0.180 e. The second kappa shape index (κ2) is 14.4. The lowest BCUT2D eigenvalue weighted by Gasteiger charge is -2.33. The van der Waals surface area contributed by atoms with E-state index in [0.717, 1.165) is 11.4 Å². The van der Waals surface area contributed by atoms with Crippen molar-refractivity contribution in [2.75, 3.05) is 4.90 Å². The van der Waals surface area contributed by atoms with E-state index in [4.69, 9.17) is 0 Å². The minimum Gasteiger partial charge on any atom is -0.310 e. The van der Waals surface area contributed by atoms with Gasteiger partial charge in [-0.05, 0) is 134 Å². The summed E-state index contributed by atoms with van der Waals surface area (Å²) in [7, 11) is -2.93. The van der Waals surface area contributed by atoms with E-state index < -0.39 is 8.07 Å². The van der Waals surface area contributed by atoms with Crippen molar-refractivity contribution in [2.45, 2.75) is 19.3 Å². The van der Waals surface area contributed by atoms with Gasteiger partial charge in [0.2, 0.25) is 0 Å². The van der Waals surface area contributed by atoms with Crippen molar-refractivity contribution < 1.29 is 0 Å². The van der Waals surface area contributed by atoms with Crippen LogP contribution in [0.15, 0.2) is 237 Å². The fraction of sp³-hybridized carbons (Fsp3) is 0.0476. The lowest BCUT2D eigenvalue weighted by atomic mass is 9.81. The van der Waals surface area contributed by atoms with Crippen LogP contribution in [0.3, 0.4) is 0 Å². The van der Waals surface area contributed by atoms with E-state index in [9.17, 15) is 0 Å². The molecule has 1 aliphatic carbocycles. The van der Waals surface area contributed by atoms with Crippen molar-refractivity contribution in [1.82, 2.24) is 0 Å². The molecule has 0 N–H and O–H groups in total. The number of hydrogen-bond acceptors (Lipinski definition) is 1. The molecule has 2 aliphatic rings. The lowest BCUT2D eigenvalue weighted by molar-refractivity contribution is 0.661. The maximum absolute atomic E-state index is 2.93. The minimum absolute atomic E-state index is 0.187. The molecule has 11 aromatic carbocycles. The molecular formula is C63H45NSi. The molecule has 1 heterocycles. The lowest BCUT2D eigenvalue weighted by Crippen LogP contribution is -2.72. The van der Waals surface area contributed by atoms with Gasteiger partial charge < -0.3 is 4.90 Å². The predicted octanol–water partition coefficient (Wildman–Crippen LogP) is 13.9. The van der Waals surface area contributed by atoms with Gasteiger partial charge in [0, 0.05) is 22.4 Å². The van der Waals surface area contributed by atoms with Crippen LogP contribution in [0.25, 0.3) is 65.7 Å². The smallest absolute Gasteiger partial charge is 0.180 e. The van der Waals surface area contributed by atoms with Crippen LogP contribution >= 0.6 is 0 Å². The van der Waals surface area contributed by atoms with E-state index in [1.54, 1.807) is 0 Å². The first-order valence-electron chi connectivity index (χ1n) is 22.8. The Morgan fingerprint density at radius 1 is 0.338 bits per heavy atom. The van der Waals surface area contributed by atoms with Crippen LogP contribution in [0.1, 0.15) is 25.0 Å². The van der Waals surface area contributed by atoms with Crippen LogP contribution in [0, 0.1) is 0 Å². The molecule has 0 saturated heterocycles. The summed E-state index contributed by atoms with van der Waals surface area (Å²) >= 11 is 0. The molecule has 0 radical (unpaired) electrons. The van der Waals surface area contributed by atoms with E-state index in [1.807, 2.05) is 0 Å². The Morgan fingerprint density at radius 3 is 1.54 bits per heavy atom. The molecule has 0 spiro atoms. The van der Waals surface area contributed by atoms with E-state index in [2.05, 4.69) is 255 Å². The molecule has 0 aromatic heterocycles. The summed E-state index contributed by atoms with van der Waals surface area (Å²) in [5, 5.41) is 13.3. The number of hydrogen-bond donors (Lipinski definition) is 0. The van der Waals surface area contributed by atoms with E-state index in [0.29, 0.717) is 0 Å². The fourth-order valence-corrected chi connectivity index (χ4v) is 16.8. The molecule has 1 aliphatic heterocycles. The third-order valence-electron chi connectivity index (χ3n) is 14.7. The average Bonchev–Trinajstić information content (AvgIpc) is 3.79. The van der Waals surface area contributed by atoms with Crippen LogP contribution < -0.4 is 25.6 Å². The summed E-state index contributed by atoms with van der Waals surface area (Å²) < 4.78 is 0. The fourth-order valence-electron chi connectivity index (χ4n) is 11.5. The van der Waals surface area contributed by atoms with Gasteiger partial charge in [0.1, 0.15) is 0 Å². The number of nitrogens with zero attached hydrogens (tertiary/aromatic N) is 1. The van der Waals surface area contributed by atoms with Crippen LogP contribution in [-0.2, 0) is 5.41 Å². The van der Waals surface area contributed by atoms with E-state index in [1.165, 1.54) is 103 Å². The summed E-state index contributed by atoms with van der Waals surface area (Å²) in [4.78, 5) is 2.55. The Balaban J connectivity index is 1.08. The van der Waals surface area contributed by atoms with Crippen molar-refractivity contribution >= 4 is 78.2 Å². The van der Waals surface area contributed by atoms with Gasteiger partial charge in [0.25, 0.3) is 0 Å². The molecule has 0 bridgehead atoms. The molecule has 0 unspecified atom stereocenters. The number of anilines is 3. The van der Waals surface area contributed by atoms with Crippen LogP contribution in [0.5, 0.6) is 0 Å². The van der Waals surface area contributed by atoms with E-state index in [-0.39, 0.29) is 5.41 Å². The quantitative estimate of drug-likeness (QED) is 0.151. The second-order valence-electron chi connectivity index (χ2n) is 18.5. The Hall–Kier alpha value is -7.78. The zero-order valence-electron chi connectivity index (χ0n) is 36.5. The van der Waals surface area contributed by atoms with Gasteiger partial charge in [-0.25, -0.2) is 0 Å². The SMILES string of the molecule is CC1(C)c2cc(N(c3ccc(-c4ccccc4)cc3)c3cccc4c3-c3ccccc3[Si]4(c3ccc4ccccc4c3)c3ccc4ccccc4c3)ccc2-c2cc3ccccc3cc21. The summed E-state index contributed by atoms with van der Waals surface area (Å²) in [5.74, 6) is 0. The highest BCUT2D eigenvalue weighted by atomic mass is 28.3. The van der Waals surface area contributed by atoms with Gasteiger partial charge in [0.05, 0.1) is 5.69 Å². The molecular weight excluding hydrogens is 799 g/mol. The first kappa shape index (κ1) is 37.7. The first-order valence-corrected chi connectivity index (χ1v) is 24.8. The van der Waals surface area contributed by atoms with Crippen molar-refractivity contribution in [3.8, 4) is 33.4 Å². The minimum atomic E-state index is -2.93. The predicted molar refractivity (Wildman–Crippen MR) is 279 cm³/mol. The number of rotatable bonds is 6. The van der Waals surface area contributed by atoms with Gasteiger partial charge >= 0.3 is 0 Å². The third-order valence-corrected chi connectivity index (χ3v) is 19.5. The monoisotopic (exact) mass is 843 g/mol. The van der Waals surface area contributed by atoms with Crippen molar-refractivity contribution in [3.05, 3.63) is 248 Å². The van der Waals surface area contributed by atoms with Crippen molar-refractivity contribution in [3.63, 3.8) is 0 Å². The highest BCUT2D eigenvalue weighted by Gasteiger charge is 2.50. The normalized spacial score (nSPS) is 13.9. The molecule has 2 heteroatoms. The zero-order chi connectivity index (χ0) is 43.3. The molecule has 0 fully saturated rings. The molecule has 1 nitrogen and oxygen atoms in total. The standard InChI is InChI=1S/C63H45NSi/c1-63(2)57-40-49-22-11-10-21-48(49)39-56(57)54-36-33-51(41-58(54)63)64(50-31-27-45(28-32-50)42-15-4-3-5-16-42)59-24-14-26-61-62(59)55-23-12-13-25-60(55)65(61,52-34-29-43-17-6-8-19-46(43)37-52)53-35-30-44-18-7-9-20-47(44)38-53/h3-41H,1-2H3. The van der Waals surface area contributed by atoms with Crippen molar-refractivity contribution in [2.24, 2.45) is 0 Å². The molecule has 0 atom stereocenters. The van der Waals surface area contributed by atoms with Gasteiger partial charge in [-0.3, -0.25) is 0 Å². The Kier molecular flexibility index (Phi) is 8.34. The summed E-state index contributed by atoms with van der Waals surface area (Å²) in [6.45, 7) is 4.80. The Labute approximate surface area is 381 Å². The van der Waals surface area contributed by atoms with Crippen LogP contribution in [0.2, 0.25) is 0 Å². The van der Waals surface area contributed by atoms with E-state index >= 15 is 0 Å². The van der Waals surface area contributed by atoms with Gasteiger partial charge in [-0.15, -0.1) is 0 Å². The first-order chi connectivity index (χ1) is 32.0. The topological polar surface area (TPSA) is 3.24 Å². The molecule has 306 valence electrons. The maximum atomic E-state index is 2.55. The van der Waals surface area contributed by atoms with Crippen LogP contribution in [0.4, 0.5) is 17.1 Å². The zero-order valence-corrected chi connectivity index (χ0v) is 37.5. The number of fused-ring (bicyclic) bond motifs is 9. The van der Waals surface area contributed by atoms with Gasteiger partial charge in [0.15, 0.2) is 8.07 Å². The van der Waals surface area contributed by atoms with Crippen molar-refractivity contribution in [1.29, 1.82) is 0 Å². The van der Waals surface area contributed by atoms with Gasteiger partial charge in [-0.1, -0.05) is 208 Å². The number of benzene rings is 11. The van der Waals surface area contributed by atoms with Crippen LogP contribution in [-0.4, -0.2) is 8.07 Å². The highest BCUT2D eigenvalue weighted by molar-refractivity contribution is 7.22. The molecule has 0 amide bonds. The summed E-state index contributed by atoms with van der Waals surface area (Å²) in [5.41, 5.74) is 13.7. The molecule has 0 saturated carbocycles. The highest BCUT2D eigenvalue weighted by Crippen LogP contribution is 2.52. The largest absolute Gasteiger partial charge is 0.310 e. The summed E-state index contributed by atoms with van der Waals surface area (Å²) in [6, 6.07) is 89.5. The average molecular weight is 844 g/mol.